The Morgan fingerprint density at radius 1 is 1.43 bits per heavy atom. The highest BCUT2D eigenvalue weighted by atomic mass is 32.2. The van der Waals surface area contributed by atoms with Crippen LogP contribution in [0.5, 0.6) is 0 Å². The van der Waals surface area contributed by atoms with Crippen LogP contribution in [0, 0.1) is 0 Å². The first-order valence-corrected chi connectivity index (χ1v) is 8.08. The zero-order chi connectivity index (χ0) is 15.6. The number of anilines is 1. The van der Waals surface area contributed by atoms with Gasteiger partial charge in [-0.2, -0.15) is 12.7 Å². The Morgan fingerprint density at radius 3 is 2.81 bits per heavy atom. The molecule has 1 aliphatic heterocycles. The van der Waals surface area contributed by atoms with Crippen LogP contribution >= 0.6 is 0 Å². The lowest BCUT2D eigenvalue weighted by Gasteiger charge is -2.28. The molecule has 0 saturated carbocycles. The monoisotopic (exact) mass is 313 g/mol. The van der Waals surface area contributed by atoms with Gasteiger partial charge in [0, 0.05) is 18.8 Å². The average Bonchev–Trinajstić information content (AvgIpc) is 2.37. The maximum atomic E-state index is 12.2. The molecule has 3 N–H and O–H groups in total. The van der Waals surface area contributed by atoms with Crippen molar-refractivity contribution in [2.45, 2.75) is 32.9 Å². The van der Waals surface area contributed by atoms with Crippen molar-refractivity contribution in [2.24, 2.45) is 0 Å². The van der Waals surface area contributed by atoms with Crippen LogP contribution in [0.15, 0.2) is 18.2 Å². The van der Waals surface area contributed by atoms with E-state index in [1.165, 1.54) is 4.31 Å². The summed E-state index contributed by atoms with van der Waals surface area (Å²) in [6, 6.07) is 5.50. The molecule has 0 spiro atoms. The molecule has 8 heteroatoms. The molecule has 1 aromatic rings. The van der Waals surface area contributed by atoms with Crippen molar-refractivity contribution >= 4 is 22.0 Å². The minimum absolute atomic E-state index is 0.145. The molecule has 0 aliphatic carbocycles. The molecule has 1 aromatic carbocycles. The molecule has 0 unspecified atom stereocenters. The molecule has 116 valence electrons. The van der Waals surface area contributed by atoms with Gasteiger partial charge in [-0.1, -0.05) is 12.1 Å². The number of carbonyl (C=O) groups is 1. The number of carbonyl (C=O) groups excluding carboxylic acids is 1. The fourth-order valence-electron chi connectivity index (χ4n) is 2.20. The molecule has 2 rings (SSSR count). The van der Waals surface area contributed by atoms with Crippen molar-refractivity contribution < 1.29 is 17.9 Å². The van der Waals surface area contributed by atoms with Gasteiger partial charge in [0.05, 0.1) is 6.10 Å². The molecule has 1 heterocycles. The predicted molar refractivity (Wildman–Crippen MR) is 78.6 cm³/mol. The van der Waals surface area contributed by atoms with Crippen LogP contribution in [-0.4, -0.2) is 31.5 Å². The molecule has 0 fully saturated rings. The van der Waals surface area contributed by atoms with Gasteiger partial charge >= 0.3 is 16.3 Å². The summed E-state index contributed by atoms with van der Waals surface area (Å²) in [6.07, 6.45) is -0.810. The molecule has 0 atom stereocenters. The van der Waals surface area contributed by atoms with E-state index < -0.39 is 22.4 Å². The second kappa shape index (κ2) is 5.90. The third-order valence-electron chi connectivity index (χ3n) is 3.17. The number of amides is 1. The summed E-state index contributed by atoms with van der Waals surface area (Å²) in [5, 5.41) is 0. The molecular formula is C13H19N3O4S. The first-order valence-electron chi connectivity index (χ1n) is 6.64. The molecule has 21 heavy (non-hydrogen) atoms. The molecule has 1 aliphatic rings. The zero-order valence-electron chi connectivity index (χ0n) is 12.0. The zero-order valence-corrected chi connectivity index (χ0v) is 12.8. The summed E-state index contributed by atoms with van der Waals surface area (Å²) in [7, 11) is -3.93. The van der Waals surface area contributed by atoms with Crippen molar-refractivity contribution in [1.82, 2.24) is 9.03 Å². The van der Waals surface area contributed by atoms with Gasteiger partial charge in [-0.05, 0) is 37.5 Å². The minimum Gasteiger partial charge on any atom is -0.446 e. The summed E-state index contributed by atoms with van der Waals surface area (Å²) >= 11 is 0. The fraction of sp³-hybridized carbons (Fsp3) is 0.462. The molecule has 0 saturated heterocycles. The fourth-order valence-corrected chi connectivity index (χ4v) is 3.21. The number of benzene rings is 1. The van der Waals surface area contributed by atoms with Gasteiger partial charge < -0.3 is 10.5 Å². The Morgan fingerprint density at radius 2 is 2.14 bits per heavy atom. The quantitative estimate of drug-likeness (QED) is 0.811. The Labute approximate surface area is 124 Å². The predicted octanol–water partition coefficient (Wildman–Crippen LogP) is 1.01. The van der Waals surface area contributed by atoms with Gasteiger partial charge in [0.15, 0.2) is 0 Å². The van der Waals surface area contributed by atoms with Crippen LogP contribution in [0.25, 0.3) is 0 Å². The smallest absolute Gasteiger partial charge is 0.422 e. The second-order valence-corrected chi connectivity index (χ2v) is 6.80. The van der Waals surface area contributed by atoms with E-state index in [1.54, 1.807) is 19.9 Å². The van der Waals surface area contributed by atoms with E-state index in [-0.39, 0.29) is 6.54 Å². The third kappa shape index (κ3) is 3.64. The summed E-state index contributed by atoms with van der Waals surface area (Å²) in [4.78, 5) is 11.5. The van der Waals surface area contributed by atoms with E-state index in [2.05, 4.69) is 0 Å². The number of ether oxygens (including phenoxy) is 1. The largest absolute Gasteiger partial charge is 0.446 e. The van der Waals surface area contributed by atoms with Gasteiger partial charge in [-0.15, -0.1) is 0 Å². The van der Waals surface area contributed by atoms with E-state index in [1.807, 2.05) is 16.9 Å². The lowest BCUT2D eigenvalue weighted by Crippen LogP contribution is -2.46. The Hall–Kier alpha value is -1.80. The molecule has 0 radical (unpaired) electrons. The summed E-state index contributed by atoms with van der Waals surface area (Å²) in [5.41, 5.74) is 8.25. The molecule has 0 bridgehead atoms. The standard InChI is InChI=1S/C13H19N3O4S/c1-9(2)20-13(17)15-21(18,19)16-7-6-10-4-3-5-12(14)11(10)8-16/h3-5,9H,6-8,14H2,1-2H3,(H,15,17). The SMILES string of the molecule is CC(C)OC(=O)NS(=O)(=O)N1CCc2cccc(N)c2C1. The number of hydrogen-bond donors (Lipinski definition) is 2. The summed E-state index contributed by atoms with van der Waals surface area (Å²) in [5.74, 6) is 0. The second-order valence-electron chi connectivity index (χ2n) is 5.13. The van der Waals surface area contributed by atoms with Crippen molar-refractivity contribution in [2.75, 3.05) is 12.3 Å². The van der Waals surface area contributed by atoms with Crippen LogP contribution < -0.4 is 10.5 Å². The summed E-state index contributed by atoms with van der Waals surface area (Å²) in [6.45, 7) is 3.72. The molecule has 0 aromatic heterocycles. The van der Waals surface area contributed by atoms with Gasteiger partial charge in [0.1, 0.15) is 0 Å². The number of nitrogens with two attached hydrogens (primary N) is 1. The summed E-state index contributed by atoms with van der Waals surface area (Å²) < 4.78 is 32.2. The number of fused-ring (bicyclic) bond motifs is 1. The maximum absolute atomic E-state index is 12.2. The maximum Gasteiger partial charge on any atom is 0.422 e. The Bertz CT molecular complexity index is 643. The minimum atomic E-state index is -3.93. The van der Waals surface area contributed by atoms with E-state index in [0.29, 0.717) is 18.7 Å². The van der Waals surface area contributed by atoms with Gasteiger partial charge in [-0.3, -0.25) is 0 Å². The van der Waals surface area contributed by atoms with Crippen molar-refractivity contribution in [3.8, 4) is 0 Å². The van der Waals surface area contributed by atoms with Gasteiger partial charge in [0.2, 0.25) is 0 Å². The number of hydrogen-bond acceptors (Lipinski definition) is 5. The number of nitrogen functional groups attached to an aromatic ring is 1. The third-order valence-corrected chi connectivity index (χ3v) is 4.59. The molecule has 1 amide bonds. The van der Waals surface area contributed by atoms with Crippen molar-refractivity contribution in [3.05, 3.63) is 29.3 Å². The van der Waals surface area contributed by atoms with Crippen LogP contribution in [0.2, 0.25) is 0 Å². The number of nitrogens with one attached hydrogen (secondary N) is 1. The highest BCUT2D eigenvalue weighted by Gasteiger charge is 2.29. The molecular weight excluding hydrogens is 294 g/mol. The normalized spacial score (nSPS) is 15.6. The van der Waals surface area contributed by atoms with Gasteiger partial charge in [0.25, 0.3) is 0 Å². The Balaban J connectivity index is 2.13. The molecule has 7 nitrogen and oxygen atoms in total. The van der Waals surface area contributed by atoms with Crippen molar-refractivity contribution in [1.29, 1.82) is 0 Å². The van der Waals surface area contributed by atoms with E-state index in [0.717, 1.165) is 11.1 Å². The highest BCUT2D eigenvalue weighted by Crippen LogP contribution is 2.25. The van der Waals surface area contributed by atoms with Crippen LogP contribution in [0.1, 0.15) is 25.0 Å². The van der Waals surface area contributed by atoms with Crippen LogP contribution in [-0.2, 0) is 27.9 Å². The highest BCUT2D eigenvalue weighted by molar-refractivity contribution is 7.87. The number of nitrogens with zero attached hydrogens (tertiary/aromatic N) is 1. The topological polar surface area (TPSA) is 102 Å². The average molecular weight is 313 g/mol. The first kappa shape index (κ1) is 15.6. The Kier molecular flexibility index (Phi) is 4.38. The van der Waals surface area contributed by atoms with Crippen LogP contribution in [0.4, 0.5) is 10.5 Å². The lowest BCUT2D eigenvalue weighted by atomic mass is 10.00. The van der Waals surface area contributed by atoms with Gasteiger partial charge in [-0.25, -0.2) is 9.52 Å². The van der Waals surface area contributed by atoms with E-state index in [9.17, 15) is 13.2 Å². The van der Waals surface area contributed by atoms with E-state index in [4.69, 9.17) is 10.5 Å². The van der Waals surface area contributed by atoms with Crippen LogP contribution in [0.3, 0.4) is 0 Å². The van der Waals surface area contributed by atoms with E-state index >= 15 is 0 Å². The van der Waals surface area contributed by atoms with Crippen molar-refractivity contribution in [3.63, 3.8) is 0 Å². The first-order chi connectivity index (χ1) is 9.79. The number of rotatable bonds is 3. The lowest BCUT2D eigenvalue weighted by molar-refractivity contribution is 0.121.